The van der Waals surface area contributed by atoms with Gasteiger partial charge in [0.25, 0.3) is 0 Å². The summed E-state index contributed by atoms with van der Waals surface area (Å²) >= 11 is 0. The lowest BCUT2D eigenvalue weighted by atomic mass is 10.00. The molecular weight excluding hydrogens is 231 g/mol. The fraction of sp³-hybridized carbons (Fsp3) is 0.571. The smallest absolute Gasteiger partial charge is 0.167 e. The van der Waals surface area contributed by atoms with Gasteiger partial charge in [0.15, 0.2) is 11.6 Å². The number of nitrogens with one attached hydrogen (secondary N) is 2. The second kappa shape index (κ2) is 6.59. The second-order valence-corrected chi connectivity index (χ2v) is 4.67. The van der Waals surface area contributed by atoms with Crippen molar-refractivity contribution >= 4 is 5.69 Å². The maximum absolute atomic E-state index is 13.6. The maximum Gasteiger partial charge on any atom is 0.167 e. The van der Waals surface area contributed by atoms with Crippen molar-refractivity contribution in [3.63, 3.8) is 0 Å². The highest BCUT2D eigenvalue weighted by Gasteiger charge is 2.12. The van der Waals surface area contributed by atoms with E-state index in [0.717, 1.165) is 25.3 Å². The number of rotatable bonds is 5. The van der Waals surface area contributed by atoms with Crippen LogP contribution in [0.25, 0.3) is 0 Å². The van der Waals surface area contributed by atoms with Crippen LogP contribution in [0.1, 0.15) is 19.8 Å². The Morgan fingerprint density at radius 3 is 3.06 bits per heavy atom. The molecule has 1 unspecified atom stereocenters. The molecule has 100 valence electrons. The van der Waals surface area contributed by atoms with Gasteiger partial charge in [0, 0.05) is 18.3 Å². The van der Waals surface area contributed by atoms with Crippen LogP contribution in [0.4, 0.5) is 10.1 Å². The predicted octanol–water partition coefficient (Wildman–Crippen LogP) is 2.64. The zero-order valence-electron chi connectivity index (χ0n) is 10.8. The average molecular weight is 252 g/mol. The minimum atomic E-state index is -0.302. The first-order valence-corrected chi connectivity index (χ1v) is 6.66. The summed E-state index contributed by atoms with van der Waals surface area (Å²) in [4.78, 5) is 0. The Morgan fingerprint density at radius 1 is 1.50 bits per heavy atom. The fourth-order valence-electron chi connectivity index (χ4n) is 2.24. The van der Waals surface area contributed by atoms with E-state index in [1.54, 1.807) is 6.07 Å². The zero-order valence-corrected chi connectivity index (χ0v) is 10.8. The molecule has 0 radical (unpaired) electrons. The Labute approximate surface area is 108 Å². The summed E-state index contributed by atoms with van der Waals surface area (Å²) in [5.41, 5.74) is 0.821. The zero-order chi connectivity index (χ0) is 12.8. The molecule has 0 bridgehead atoms. The normalized spacial score (nSPS) is 19.6. The van der Waals surface area contributed by atoms with E-state index in [1.807, 2.05) is 13.0 Å². The third kappa shape index (κ3) is 3.60. The van der Waals surface area contributed by atoms with Crippen molar-refractivity contribution < 1.29 is 9.13 Å². The standard InChI is InChI=1S/C14H21FN2O/c1-2-18-14-6-5-12(8-13(14)15)17-10-11-4-3-7-16-9-11/h5-6,8,11,16-17H,2-4,7,9-10H2,1H3. The molecule has 0 aromatic heterocycles. The monoisotopic (exact) mass is 252 g/mol. The van der Waals surface area contributed by atoms with Gasteiger partial charge in [-0.2, -0.15) is 0 Å². The van der Waals surface area contributed by atoms with Gasteiger partial charge in [0.2, 0.25) is 0 Å². The molecule has 1 aliphatic heterocycles. The van der Waals surface area contributed by atoms with Crippen LogP contribution in [0.5, 0.6) is 5.75 Å². The third-order valence-electron chi connectivity index (χ3n) is 3.23. The summed E-state index contributed by atoms with van der Waals surface area (Å²) in [5, 5.41) is 6.66. The van der Waals surface area contributed by atoms with Crippen LogP contribution in [0.3, 0.4) is 0 Å². The predicted molar refractivity (Wildman–Crippen MR) is 71.7 cm³/mol. The van der Waals surface area contributed by atoms with Gasteiger partial charge in [-0.1, -0.05) is 0 Å². The highest BCUT2D eigenvalue weighted by atomic mass is 19.1. The van der Waals surface area contributed by atoms with Crippen molar-refractivity contribution in [1.29, 1.82) is 0 Å². The van der Waals surface area contributed by atoms with E-state index in [0.29, 0.717) is 18.3 Å². The third-order valence-corrected chi connectivity index (χ3v) is 3.23. The molecule has 4 heteroatoms. The molecule has 1 saturated heterocycles. The molecule has 1 aromatic rings. The number of piperidine rings is 1. The Bertz CT molecular complexity index is 378. The minimum Gasteiger partial charge on any atom is -0.491 e. The van der Waals surface area contributed by atoms with Gasteiger partial charge in [-0.05, 0) is 50.9 Å². The molecule has 1 atom stereocenters. The summed E-state index contributed by atoms with van der Waals surface area (Å²) in [6.07, 6.45) is 2.46. The molecule has 1 heterocycles. The van der Waals surface area contributed by atoms with Crippen LogP contribution in [0.15, 0.2) is 18.2 Å². The van der Waals surface area contributed by atoms with Crippen molar-refractivity contribution in [3.8, 4) is 5.75 Å². The molecule has 1 aliphatic rings. The first-order chi connectivity index (χ1) is 8.79. The van der Waals surface area contributed by atoms with E-state index < -0.39 is 0 Å². The maximum atomic E-state index is 13.6. The van der Waals surface area contributed by atoms with Crippen molar-refractivity contribution in [1.82, 2.24) is 5.32 Å². The van der Waals surface area contributed by atoms with Crippen molar-refractivity contribution in [3.05, 3.63) is 24.0 Å². The molecule has 3 nitrogen and oxygen atoms in total. The number of benzene rings is 1. The highest BCUT2D eigenvalue weighted by Crippen LogP contribution is 2.21. The van der Waals surface area contributed by atoms with E-state index >= 15 is 0 Å². The molecule has 0 saturated carbocycles. The summed E-state index contributed by atoms with van der Waals surface area (Å²) < 4.78 is 18.8. The van der Waals surface area contributed by atoms with Gasteiger partial charge in [-0.15, -0.1) is 0 Å². The van der Waals surface area contributed by atoms with Gasteiger partial charge in [0.05, 0.1) is 6.61 Å². The van der Waals surface area contributed by atoms with Crippen LogP contribution in [-0.4, -0.2) is 26.2 Å². The molecule has 1 aromatic carbocycles. The first-order valence-electron chi connectivity index (χ1n) is 6.66. The second-order valence-electron chi connectivity index (χ2n) is 4.67. The van der Waals surface area contributed by atoms with Crippen LogP contribution in [0, 0.1) is 11.7 Å². The van der Waals surface area contributed by atoms with Crippen LogP contribution in [-0.2, 0) is 0 Å². The van der Waals surface area contributed by atoms with E-state index in [1.165, 1.54) is 18.9 Å². The van der Waals surface area contributed by atoms with Crippen LogP contribution >= 0.6 is 0 Å². The lowest BCUT2D eigenvalue weighted by molar-refractivity contribution is 0.321. The Balaban J connectivity index is 1.87. The van der Waals surface area contributed by atoms with E-state index in [9.17, 15) is 4.39 Å². The number of hydrogen-bond acceptors (Lipinski definition) is 3. The topological polar surface area (TPSA) is 33.3 Å². The summed E-state index contributed by atoms with van der Waals surface area (Å²) in [5.74, 6) is 0.652. The number of anilines is 1. The molecule has 1 fully saturated rings. The van der Waals surface area contributed by atoms with Gasteiger partial charge in [-0.3, -0.25) is 0 Å². The van der Waals surface area contributed by atoms with E-state index in [4.69, 9.17) is 4.74 Å². The largest absolute Gasteiger partial charge is 0.491 e. The lowest BCUT2D eigenvalue weighted by Crippen LogP contribution is -2.33. The lowest BCUT2D eigenvalue weighted by Gasteiger charge is -2.23. The molecule has 0 spiro atoms. The van der Waals surface area contributed by atoms with Gasteiger partial charge >= 0.3 is 0 Å². The number of hydrogen-bond donors (Lipinski definition) is 2. The van der Waals surface area contributed by atoms with E-state index in [2.05, 4.69) is 10.6 Å². The summed E-state index contributed by atoms with van der Waals surface area (Å²) in [7, 11) is 0. The Kier molecular flexibility index (Phi) is 4.81. The van der Waals surface area contributed by atoms with Crippen LogP contribution < -0.4 is 15.4 Å². The van der Waals surface area contributed by atoms with Gasteiger partial charge in [-0.25, -0.2) is 4.39 Å². The van der Waals surface area contributed by atoms with Crippen molar-refractivity contribution in [2.24, 2.45) is 5.92 Å². The van der Waals surface area contributed by atoms with Crippen molar-refractivity contribution in [2.75, 3.05) is 31.6 Å². The molecule has 0 aliphatic carbocycles. The van der Waals surface area contributed by atoms with Crippen molar-refractivity contribution in [2.45, 2.75) is 19.8 Å². The minimum absolute atomic E-state index is 0.302. The molecular formula is C14H21FN2O. The molecule has 18 heavy (non-hydrogen) atoms. The first kappa shape index (κ1) is 13.1. The fourth-order valence-corrected chi connectivity index (χ4v) is 2.24. The van der Waals surface area contributed by atoms with Gasteiger partial charge < -0.3 is 15.4 Å². The number of ether oxygens (including phenoxy) is 1. The average Bonchev–Trinajstić information content (AvgIpc) is 2.41. The Morgan fingerprint density at radius 2 is 2.39 bits per heavy atom. The summed E-state index contributed by atoms with van der Waals surface area (Å²) in [6, 6.07) is 5.05. The molecule has 2 rings (SSSR count). The number of halogens is 1. The highest BCUT2D eigenvalue weighted by molar-refractivity contribution is 5.47. The van der Waals surface area contributed by atoms with E-state index in [-0.39, 0.29) is 5.82 Å². The Hall–Kier alpha value is -1.29. The molecule has 0 amide bonds. The van der Waals surface area contributed by atoms with Gasteiger partial charge in [0.1, 0.15) is 0 Å². The van der Waals surface area contributed by atoms with Crippen LogP contribution in [0.2, 0.25) is 0 Å². The quantitative estimate of drug-likeness (QED) is 0.845. The summed E-state index contributed by atoms with van der Waals surface area (Å²) in [6.45, 7) is 5.39. The molecule has 2 N–H and O–H groups in total. The SMILES string of the molecule is CCOc1ccc(NCC2CCCNC2)cc1F.